The van der Waals surface area contributed by atoms with Crippen LogP contribution in [0.15, 0.2) is 0 Å². The van der Waals surface area contributed by atoms with Crippen LogP contribution in [-0.2, 0) is 4.74 Å². The highest BCUT2D eigenvalue weighted by Gasteiger charge is 2.44. The molecule has 0 amide bonds. The van der Waals surface area contributed by atoms with Crippen molar-refractivity contribution in [3.8, 4) is 0 Å². The largest absolute Gasteiger partial charge is 0.396 e. The van der Waals surface area contributed by atoms with Crippen molar-refractivity contribution in [2.75, 3.05) is 13.7 Å². The van der Waals surface area contributed by atoms with Crippen LogP contribution >= 0.6 is 0 Å². The monoisotopic (exact) mass is 363 g/mol. The molecule has 0 aromatic heterocycles. The molecule has 0 saturated carbocycles. The summed E-state index contributed by atoms with van der Waals surface area (Å²) in [6.07, 6.45) is 5.23. The molecule has 25 heavy (non-hydrogen) atoms. The molecule has 0 aliphatic carbocycles. The van der Waals surface area contributed by atoms with Gasteiger partial charge in [-0.2, -0.15) is 0 Å². The summed E-state index contributed by atoms with van der Waals surface area (Å²) in [6.45, 7) is 0.140. The molecule has 0 aromatic carbocycles. The van der Waals surface area contributed by atoms with Crippen molar-refractivity contribution in [2.45, 2.75) is 101 Å². The summed E-state index contributed by atoms with van der Waals surface area (Å²) in [7, 11) is 1.45. The molecule has 1 rings (SSSR count). The summed E-state index contributed by atoms with van der Waals surface area (Å²) in [5.74, 6) is 0. The number of nitrogens with one attached hydrogen (secondary N) is 1. The lowest BCUT2D eigenvalue weighted by molar-refractivity contribution is -0.0459. The van der Waals surface area contributed by atoms with Crippen molar-refractivity contribution >= 4 is 0 Å². The third-order valence-electron chi connectivity index (χ3n) is 5.04. The first kappa shape index (κ1) is 22.8. The van der Waals surface area contributed by atoms with E-state index in [0.717, 1.165) is 44.9 Å². The number of ether oxygens (including phenoxy) is 1. The molecule has 6 atom stereocenters. The predicted octanol–water partition coefficient (Wildman–Crippen LogP) is 0.268. The second-order valence-corrected chi connectivity index (χ2v) is 7.12. The first-order chi connectivity index (χ1) is 12.0. The van der Waals surface area contributed by atoms with E-state index in [2.05, 4.69) is 5.32 Å². The van der Waals surface area contributed by atoms with Crippen LogP contribution < -0.4 is 5.32 Å². The smallest absolute Gasteiger partial charge is 0.136 e. The first-order valence-corrected chi connectivity index (χ1v) is 9.63. The third-order valence-corrected chi connectivity index (χ3v) is 5.04. The fourth-order valence-electron chi connectivity index (χ4n) is 3.42. The van der Waals surface area contributed by atoms with Gasteiger partial charge in [0, 0.05) is 13.7 Å². The van der Waals surface area contributed by atoms with Crippen molar-refractivity contribution in [1.82, 2.24) is 5.32 Å². The van der Waals surface area contributed by atoms with Crippen LogP contribution in [-0.4, -0.2) is 75.9 Å². The highest BCUT2D eigenvalue weighted by atomic mass is 16.5. The van der Waals surface area contributed by atoms with Gasteiger partial charge in [-0.15, -0.1) is 0 Å². The Morgan fingerprint density at radius 3 is 1.96 bits per heavy atom. The fourth-order valence-corrected chi connectivity index (χ4v) is 3.42. The van der Waals surface area contributed by atoms with Crippen molar-refractivity contribution in [2.24, 2.45) is 0 Å². The predicted molar refractivity (Wildman–Crippen MR) is 95.0 cm³/mol. The van der Waals surface area contributed by atoms with Crippen LogP contribution in [0, 0.1) is 0 Å². The Kier molecular flexibility index (Phi) is 11.8. The molecule has 0 spiro atoms. The summed E-state index contributed by atoms with van der Waals surface area (Å²) < 4.78 is 5.03. The van der Waals surface area contributed by atoms with Crippen LogP contribution in [0.4, 0.5) is 0 Å². The molecule has 0 radical (unpaired) electrons. The molecule has 0 aromatic rings. The van der Waals surface area contributed by atoms with E-state index in [4.69, 9.17) is 9.84 Å². The van der Waals surface area contributed by atoms with Gasteiger partial charge in [0.15, 0.2) is 0 Å². The molecular weight excluding hydrogens is 326 g/mol. The minimum Gasteiger partial charge on any atom is -0.396 e. The maximum atomic E-state index is 10.2. The molecule has 1 heterocycles. The lowest BCUT2D eigenvalue weighted by Crippen LogP contribution is -2.43. The Labute approximate surface area is 151 Å². The zero-order valence-electron chi connectivity index (χ0n) is 15.4. The van der Waals surface area contributed by atoms with Crippen LogP contribution in [0.25, 0.3) is 0 Å². The lowest BCUT2D eigenvalue weighted by atomic mass is 9.99. The number of unbranched alkanes of at least 4 members (excludes halogenated alkanes) is 5. The Hall–Kier alpha value is -0.280. The van der Waals surface area contributed by atoms with Gasteiger partial charge in [0.05, 0.1) is 18.2 Å². The Morgan fingerprint density at radius 1 is 0.840 bits per heavy atom. The molecule has 0 bridgehead atoms. The van der Waals surface area contributed by atoms with Crippen molar-refractivity contribution in [1.29, 1.82) is 0 Å². The average Bonchev–Trinajstić information content (AvgIpc) is 2.90. The molecular formula is C18H37NO6. The normalized spacial score (nSPS) is 29.0. The van der Waals surface area contributed by atoms with E-state index in [1.165, 1.54) is 7.11 Å². The maximum Gasteiger partial charge on any atom is 0.136 e. The molecule has 0 unspecified atom stereocenters. The van der Waals surface area contributed by atoms with Gasteiger partial charge >= 0.3 is 0 Å². The molecule has 150 valence electrons. The van der Waals surface area contributed by atoms with E-state index >= 15 is 0 Å². The minimum absolute atomic E-state index is 0.140. The molecule has 1 fully saturated rings. The second kappa shape index (κ2) is 13.0. The minimum atomic E-state index is -1.02. The Balaban J connectivity index is 2.01. The second-order valence-electron chi connectivity index (χ2n) is 7.12. The van der Waals surface area contributed by atoms with E-state index in [1.807, 2.05) is 0 Å². The number of hydrogen-bond donors (Lipinski definition) is 6. The van der Waals surface area contributed by atoms with E-state index < -0.39 is 30.6 Å². The van der Waals surface area contributed by atoms with Crippen molar-refractivity contribution in [3.05, 3.63) is 0 Å². The van der Waals surface area contributed by atoms with Crippen LogP contribution in [0.5, 0.6) is 0 Å². The SMILES string of the molecule is CO[C@H]1N[C@H]([C@H](O)CCCCCCCC[C@H](O)CCCO)[C@@H](O)[C@@H]1O. The molecule has 1 aliphatic rings. The van der Waals surface area contributed by atoms with Gasteiger partial charge in [-0.05, 0) is 25.7 Å². The summed E-state index contributed by atoms with van der Waals surface area (Å²) in [5, 5.41) is 51.2. The molecule has 1 saturated heterocycles. The Morgan fingerprint density at radius 2 is 1.40 bits per heavy atom. The van der Waals surface area contributed by atoms with Crippen molar-refractivity contribution in [3.63, 3.8) is 0 Å². The molecule has 1 aliphatic heterocycles. The zero-order chi connectivity index (χ0) is 18.7. The van der Waals surface area contributed by atoms with Crippen LogP contribution in [0.3, 0.4) is 0 Å². The van der Waals surface area contributed by atoms with Gasteiger partial charge in [0.25, 0.3) is 0 Å². The van der Waals surface area contributed by atoms with E-state index in [-0.39, 0.29) is 12.7 Å². The number of rotatable bonds is 14. The number of methoxy groups -OCH3 is 1. The van der Waals surface area contributed by atoms with Crippen LogP contribution in [0.1, 0.15) is 64.2 Å². The van der Waals surface area contributed by atoms with E-state index in [9.17, 15) is 20.4 Å². The third kappa shape index (κ3) is 8.30. The first-order valence-electron chi connectivity index (χ1n) is 9.63. The highest BCUT2D eigenvalue weighted by molar-refractivity contribution is 4.97. The van der Waals surface area contributed by atoms with Gasteiger partial charge in [-0.3, -0.25) is 5.32 Å². The number of aliphatic hydroxyl groups excluding tert-OH is 5. The summed E-state index contributed by atoms with van der Waals surface area (Å²) in [5.41, 5.74) is 0. The summed E-state index contributed by atoms with van der Waals surface area (Å²) >= 11 is 0. The molecule has 7 heteroatoms. The average molecular weight is 363 g/mol. The van der Waals surface area contributed by atoms with E-state index in [1.54, 1.807) is 0 Å². The fraction of sp³-hybridized carbons (Fsp3) is 1.00. The highest BCUT2D eigenvalue weighted by Crippen LogP contribution is 2.21. The number of hydrogen-bond acceptors (Lipinski definition) is 7. The van der Waals surface area contributed by atoms with Crippen molar-refractivity contribution < 1.29 is 30.3 Å². The maximum absolute atomic E-state index is 10.2. The van der Waals surface area contributed by atoms with Gasteiger partial charge in [-0.1, -0.05) is 38.5 Å². The van der Waals surface area contributed by atoms with Gasteiger partial charge in [-0.25, -0.2) is 0 Å². The molecule has 7 nitrogen and oxygen atoms in total. The van der Waals surface area contributed by atoms with E-state index in [0.29, 0.717) is 19.3 Å². The standard InChI is InChI=1S/C18H37NO6/c1-25-18-17(24)16(23)15(19-18)14(22)11-7-5-3-2-4-6-9-13(21)10-8-12-20/h13-24H,2-12H2,1H3/t13-,14+,15+,16+,17-,18+/m0/s1. The van der Waals surface area contributed by atoms with Gasteiger partial charge in [0.2, 0.25) is 0 Å². The quantitative estimate of drug-likeness (QED) is 0.245. The van der Waals surface area contributed by atoms with Gasteiger partial charge in [0.1, 0.15) is 18.4 Å². The summed E-state index contributed by atoms with van der Waals surface area (Å²) in [6, 6.07) is -0.555. The Bertz CT molecular complexity index is 333. The lowest BCUT2D eigenvalue weighted by Gasteiger charge is -2.21. The molecule has 6 N–H and O–H groups in total. The van der Waals surface area contributed by atoms with Crippen LogP contribution in [0.2, 0.25) is 0 Å². The van der Waals surface area contributed by atoms with Gasteiger partial charge < -0.3 is 30.3 Å². The number of aliphatic hydroxyl groups is 5. The summed E-state index contributed by atoms with van der Waals surface area (Å²) in [4.78, 5) is 0. The topological polar surface area (TPSA) is 122 Å². The zero-order valence-corrected chi connectivity index (χ0v) is 15.4.